The minimum Gasteiger partial charge on any atom is -0.393 e. The van der Waals surface area contributed by atoms with Crippen LogP contribution in [0.3, 0.4) is 0 Å². The van der Waals surface area contributed by atoms with Gasteiger partial charge in [0.2, 0.25) is 0 Å². The lowest BCUT2D eigenvalue weighted by molar-refractivity contribution is 0.150. The molecule has 1 nitrogen and oxygen atoms in total. The molecular weight excluding hydrogens is 136 g/mol. The Morgan fingerprint density at radius 3 is 2.82 bits per heavy atom. The van der Waals surface area contributed by atoms with Crippen LogP contribution in [0.1, 0.15) is 39.0 Å². The first kappa shape index (κ1) is 8.62. The summed E-state index contributed by atoms with van der Waals surface area (Å²) in [7, 11) is 0. The van der Waals surface area contributed by atoms with Crippen LogP contribution < -0.4 is 0 Å². The highest BCUT2D eigenvalue weighted by Crippen LogP contribution is 2.34. The van der Waals surface area contributed by atoms with Crippen molar-refractivity contribution in [3.05, 3.63) is 0 Å². The molecule has 62 valence electrons. The summed E-state index contributed by atoms with van der Waals surface area (Å²) in [5.74, 6) is 6.63. The molecule has 0 amide bonds. The molecule has 0 radical (unpaired) electrons. The Morgan fingerprint density at radius 2 is 2.27 bits per heavy atom. The third kappa shape index (κ3) is 4.06. The molecule has 1 fully saturated rings. The number of hydrogen-bond donors (Lipinski definition) is 1. The zero-order valence-corrected chi connectivity index (χ0v) is 7.14. The highest BCUT2D eigenvalue weighted by molar-refractivity contribution is 4.95. The second kappa shape index (κ2) is 4.41. The molecule has 1 rings (SSSR count). The Bertz CT molecular complexity index is 159. The highest BCUT2D eigenvalue weighted by atomic mass is 16.3. The highest BCUT2D eigenvalue weighted by Gasteiger charge is 2.23. The van der Waals surface area contributed by atoms with E-state index in [2.05, 4.69) is 11.8 Å². The van der Waals surface area contributed by atoms with Crippen molar-refractivity contribution in [2.75, 3.05) is 0 Å². The molecule has 0 bridgehead atoms. The van der Waals surface area contributed by atoms with Gasteiger partial charge in [-0.2, -0.15) is 0 Å². The van der Waals surface area contributed by atoms with Crippen molar-refractivity contribution in [3.63, 3.8) is 0 Å². The summed E-state index contributed by atoms with van der Waals surface area (Å²) in [4.78, 5) is 0. The average molecular weight is 152 g/mol. The summed E-state index contributed by atoms with van der Waals surface area (Å²) in [6, 6.07) is 0. The third-order valence-corrected chi connectivity index (χ3v) is 2.08. The van der Waals surface area contributed by atoms with Crippen LogP contribution in [0, 0.1) is 17.8 Å². The standard InChI is InChI=1S/C10H16O/c1-2-3-4-5-10(11)8-9-6-7-9/h9-11H,4-8H2,1H3. The molecule has 1 aliphatic rings. The first-order valence-electron chi connectivity index (χ1n) is 4.40. The summed E-state index contributed by atoms with van der Waals surface area (Å²) < 4.78 is 0. The molecule has 11 heavy (non-hydrogen) atoms. The van der Waals surface area contributed by atoms with E-state index in [-0.39, 0.29) is 6.10 Å². The fraction of sp³-hybridized carbons (Fsp3) is 0.800. The van der Waals surface area contributed by atoms with Crippen LogP contribution >= 0.6 is 0 Å². The van der Waals surface area contributed by atoms with Gasteiger partial charge < -0.3 is 5.11 Å². The van der Waals surface area contributed by atoms with Crippen molar-refractivity contribution < 1.29 is 5.11 Å². The SMILES string of the molecule is CC#CCCC(O)CC1CC1. The molecule has 0 saturated heterocycles. The van der Waals surface area contributed by atoms with Crippen molar-refractivity contribution >= 4 is 0 Å². The van der Waals surface area contributed by atoms with Crippen LogP contribution in [-0.2, 0) is 0 Å². The average Bonchev–Trinajstić information content (AvgIpc) is 2.72. The lowest BCUT2D eigenvalue weighted by atomic mass is 10.1. The molecule has 1 aliphatic carbocycles. The quantitative estimate of drug-likeness (QED) is 0.610. The molecule has 1 atom stereocenters. The molecule has 0 aromatic heterocycles. The molecule has 0 heterocycles. The zero-order valence-electron chi connectivity index (χ0n) is 7.14. The van der Waals surface area contributed by atoms with E-state index in [0.29, 0.717) is 0 Å². The van der Waals surface area contributed by atoms with E-state index in [1.54, 1.807) is 0 Å². The first-order chi connectivity index (χ1) is 5.33. The van der Waals surface area contributed by atoms with Gasteiger partial charge in [-0.3, -0.25) is 0 Å². The van der Waals surface area contributed by atoms with Crippen LogP contribution in [0.5, 0.6) is 0 Å². The molecule has 0 aromatic rings. The lowest BCUT2D eigenvalue weighted by Crippen LogP contribution is -2.06. The molecule has 1 heteroatoms. The van der Waals surface area contributed by atoms with Crippen LogP contribution in [-0.4, -0.2) is 11.2 Å². The van der Waals surface area contributed by atoms with Crippen molar-refractivity contribution in [2.24, 2.45) is 5.92 Å². The van der Waals surface area contributed by atoms with Crippen molar-refractivity contribution in [2.45, 2.75) is 45.1 Å². The monoisotopic (exact) mass is 152 g/mol. The fourth-order valence-electron chi connectivity index (χ4n) is 1.22. The minimum atomic E-state index is -0.0941. The number of hydrogen-bond acceptors (Lipinski definition) is 1. The van der Waals surface area contributed by atoms with Crippen LogP contribution in [0.15, 0.2) is 0 Å². The fourth-order valence-corrected chi connectivity index (χ4v) is 1.22. The second-order valence-corrected chi connectivity index (χ2v) is 3.30. The van der Waals surface area contributed by atoms with Crippen LogP contribution in [0.25, 0.3) is 0 Å². The summed E-state index contributed by atoms with van der Waals surface area (Å²) in [6.45, 7) is 1.84. The molecule has 0 aliphatic heterocycles. The Hall–Kier alpha value is -0.480. The predicted octanol–water partition coefficient (Wildman–Crippen LogP) is 1.95. The minimum absolute atomic E-state index is 0.0941. The van der Waals surface area contributed by atoms with Gasteiger partial charge in [0.1, 0.15) is 0 Å². The Balaban J connectivity index is 1.98. The molecule has 1 N–H and O–H groups in total. The maximum Gasteiger partial charge on any atom is 0.0552 e. The predicted molar refractivity (Wildman–Crippen MR) is 46.0 cm³/mol. The van der Waals surface area contributed by atoms with E-state index in [0.717, 1.165) is 25.2 Å². The van der Waals surface area contributed by atoms with Gasteiger partial charge in [-0.05, 0) is 25.7 Å². The van der Waals surface area contributed by atoms with Crippen molar-refractivity contribution in [3.8, 4) is 11.8 Å². The molecule has 0 spiro atoms. The van der Waals surface area contributed by atoms with Crippen molar-refractivity contribution in [1.82, 2.24) is 0 Å². The molecule has 0 aromatic carbocycles. The summed E-state index contributed by atoms with van der Waals surface area (Å²) in [5.41, 5.74) is 0. The Kier molecular flexibility index (Phi) is 3.45. The smallest absolute Gasteiger partial charge is 0.0552 e. The largest absolute Gasteiger partial charge is 0.393 e. The summed E-state index contributed by atoms with van der Waals surface area (Å²) in [5, 5.41) is 9.42. The number of rotatable bonds is 4. The van der Waals surface area contributed by atoms with Gasteiger partial charge in [-0.1, -0.05) is 12.8 Å². The second-order valence-electron chi connectivity index (χ2n) is 3.30. The van der Waals surface area contributed by atoms with E-state index in [1.807, 2.05) is 6.92 Å². The van der Waals surface area contributed by atoms with Gasteiger partial charge >= 0.3 is 0 Å². The van der Waals surface area contributed by atoms with Gasteiger partial charge in [-0.25, -0.2) is 0 Å². The van der Waals surface area contributed by atoms with Gasteiger partial charge in [0.25, 0.3) is 0 Å². The maximum absolute atomic E-state index is 9.42. The van der Waals surface area contributed by atoms with Crippen LogP contribution in [0.2, 0.25) is 0 Å². The first-order valence-corrected chi connectivity index (χ1v) is 4.40. The number of aliphatic hydroxyl groups excluding tert-OH is 1. The van der Waals surface area contributed by atoms with Crippen molar-refractivity contribution in [1.29, 1.82) is 0 Å². The van der Waals surface area contributed by atoms with E-state index < -0.39 is 0 Å². The third-order valence-electron chi connectivity index (χ3n) is 2.08. The number of aliphatic hydroxyl groups is 1. The van der Waals surface area contributed by atoms with Gasteiger partial charge in [0.15, 0.2) is 0 Å². The summed E-state index contributed by atoms with van der Waals surface area (Å²) in [6.07, 6.45) is 5.28. The Labute approximate surface area is 68.8 Å². The van der Waals surface area contributed by atoms with Crippen LogP contribution in [0.4, 0.5) is 0 Å². The molecular formula is C10H16O. The Morgan fingerprint density at radius 1 is 1.55 bits per heavy atom. The lowest BCUT2D eigenvalue weighted by Gasteiger charge is -2.05. The maximum atomic E-state index is 9.42. The van der Waals surface area contributed by atoms with Gasteiger partial charge in [0.05, 0.1) is 6.10 Å². The molecule has 1 saturated carbocycles. The van der Waals surface area contributed by atoms with E-state index in [9.17, 15) is 5.11 Å². The van der Waals surface area contributed by atoms with E-state index >= 15 is 0 Å². The normalized spacial score (nSPS) is 18.7. The van der Waals surface area contributed by atoms with E-state index in [1.165, 1.54) is 12.8 Å². The zero-order chi connectivity index (χ0) is 8.10. The van der Waals surface area contributed by atoms with Gasteiger partial charge in [0, 0.05) is 6.42 Å². The molecule has 1 unspecified atom stereocenters. The van der Waals surface area contributed by atoms with Gasteiger partial charge in [-0.15, -0.1) is 11.8 Å². The topological polar surface area (TPSA) is 20.2 Å². The van der Waals surface area contributed by atoms with E-state index in [4.69, 9.17) is 0 Å². The summed E-state index contributed by atoms with van der Waals surface area (Å²) >= 11 is 0.